The number of piperidine rings is 1. The molecule has 1 aliphatic heterocycles. The van der Waals surface area contributed by atoms with Crippen LogP contribution in [0, 0.1) is 26.2 Å². The second-order valence-corrected chi connectivity index (χ2v) is 10.3. The van der Waals surface area contributed by atoms with Gasteiger partial charge in [-0.15, -0.1) is 0 Å². The summed E-state index contributed by atoms with van der Waals surface area (Å²) in [6, 6.07) is 13.1. The molecule has 156 valence electrons. The molecule has 0 unspecified atom stereocenters. The predicted octanol–water partition coefficient (Wildman–Crippen LogP) is 3.72. The van der Waals surface area contributed by atoms with Crippen molar-refractivity contribution >= 4 is 15.9 Å². The van der Waals surface area contributed by atoms with Crippen LogP contribution >= 0.6 is 0 Å². The monoisotopic (exact) mass is 414 g/mol. The molecule has 0 radical (unpaired) electrons. The van der Waals surface area contributed by atoms with E-state index < -0.39 is 15.4 Å². The fourth-order valence-electron chi connectivity index (χ4n) is 3.80. The lowest BCUT2D eigenvalue weighted by molar-refractivity contribution is -0.132. The molecule has 6 heteroatoms. The van der Waals surface area contributed by atoms with Gasteiger partial charge in [0.15, 0.2) is 0 Å². The molecule has 1 N–H and O–H groups in total. The van der Waals surface area contributed by atoms with Crippen LogP contribution < -0.4 is 5.32 Å². The molecule has 0 aromatic heterocycles. The summed E-state index contributed by atoms with van der Waals surface area (Å²) >= 11 is 0. The molecule has 1 fully saturated rings. The zero-order valence-corrected chi connectivity index (χ0v) is 18.5. The van der Waals surface area contributed by atoms with Crippen LogP contribution in [0.4, 0.5) is 0 Å². The molecule has 0 spiro atoms. The van der Waals surface area contributed by atoms with Crippen LogP contribution in [0.25, 0.3) is 0 Å². The van der Waals surface area contributed by atoms with E-state index in [1.807, 2.05) is 58.0 Å². The Kier molecular flexibility index (Phi) is 6.15. The van der Waals surface area contributed by atoms with E-state index >= 15 is 0 Å². The zero-order chi connectivity index (χ0) is 21.2. The summed E-state index contributed by atoms with van der Waals surface area (Å²) in [4.78, 5) is 13.3. The molecule has 5 nitrogen and oxygen atoms in total. The third kappa shape index (κ3) is 4.54. The Morgan fingerprint density at radius 2 is 1.79 bits per heavy atom. The lowest BCUT2D eigenvalue weighted by Crippen LogP contribution is -2.51. The van der Waals surface area contributed by atoms with Gasteiger partial charge in [-0.1, -0.05) is 30.3 Å². The van der Waals surface area contributed by atoms with Gasteiger partial charge in [0.2, 0.25) is 15.9 Å². The largest absolute Gasteiger partial charge is 0.352 e. The highest BCUT2D eigenvalue weighted by atomic mass is 32.2. The van der Waals surface area contributed by atoms with E-state index in [2.05, 4.69) is 5.32 Å². The van der Waals surface area contributed by atoms with Crippen molar-refractivity contribution in [2.24, 2.45) is 5.41 Å². The van der Waals surface area contributed by atoms with Gasteiger partial charge in [-0.25, -0.2) is 8.42 Å². The van der Waals surface area contributed by atoms with E-state index in [4.69, 9.17) is 0 Å². The fraction of sp³-hybridized carbons (Fsp3) is 0.435. The number of benzene rings is 2. The van der Waals surface area contributed by atoms with Crippen molar-refractivity contribution < 1.29 is 13.2 Å². The molecule has 0 aliphatic carbocycles. The summed E-state index contributed by atoms with van der Waals surface area (Å²) in [5, 5.41) is 3.02. The van der Waals surface area contributed by atoms with Crippen molar-refractivity contribution in [3.05, 3.63) is 64.7 Å². The van der Waals surface area contributed by atoms with E-state index in [9.17, 15) is 13.2 Å². The van der Waals surface area contributed by atoms with Crippen LogP contribution in [0.3, 0.4) is 0 Å². The van der Waals surface area contributed by atoms with Gasteiger partial charge < -0.3 is 5.32 Å². The number of hydrogen-bond acceptors (Lipinski definition) is 3. The Bertz CT molecular complexity index is 1020. The van der Waals surface area contributed by atoms with Crippen molar-refractivity contribution in [3.63, 3.8) is 0 Å². The lowest BCUT2D eigenvalue weighted by atomic mass is 9.82. The molecule has 0 saturated carbocycles. The number of sulfonamides is 1. The maximum absolute atomic E-state index is 13.2. The highest BCUT2D eigenvalue weighted by Gasteiger charge is 2.41. The Morgan fingerprint density at radius 1 is 1.07 bits per heavy atom. The number of nitrogens with zero attached hydrogens (tertiary/aromatic N) is 1. The van der Waals surface area contributed by atoms with Gasteiger partial charge in [0.25, 0.3) is 0 Å². The minimum Gasteiger partial charge on any atom is -0.352 e. The summed E-state index contributed by atoms with van der Waals surface area (Å²) in [7, 11) is -3.63. The predicted molar refractivity (Wildman–Crippen MR) is 115 cm³/mol. The second-order valence-electron chi connectivity index (χ2n) is 8.36. The van der Waals surface area contributed by atoms with Gasteiger partial charge in [-0.2, -0.15) is 4.31 Å². The van der Waals surface area contributed by atoms with Crippen LogP contribution in [0.5, 0.6) is 0 Å². The van der Waals surface area contributed by atoms with Gasteiger partial charge in [-0.05, 0) is 74.9 Å². The first-order chi connectivity index (χ1) is 13.6. The van der Waals surface area contributed by atoms with Crippen LogP contribution in [0.2, 0.25) is 0 Å². The van der Waals surface area contributed by atoms with E-state index in [0.717, 1.165) is 22.3 Å². The van der Waals surface area contributed by atoms with Gasteiger partial charge >= 0.3 is 0 Å². The van der Waals surface area contributed by atoms with Crippen molar-refractivity contribution in [3.8, 4) is 0 Å². The summed E-state index contributed by atoms with van der Waals surface area (Å²) < 4.78 is 27.8. The minimum absolute atomic E-state index is 0.0965. The molecule has 2 aromatic carbocycles. The van der Waals surface area contributed by atoms with E-state index in [1.165, 1.54) is 4.31 Å². The first kappa shape index (κ1) is 21.5. The molecule has 1 saturated heterocycles. The maximum atomic E-state index is 13.2. The van der Waals surface area contributed by atoms with Crippen LogP contribution in [0.15, 0.2) is 47.4 Å². The van der Waals surface area contributed by atoms with Crippen LogP contribution in [-0.4, -0.2) is 31.7 Å². The third-order valence-electron chi connectivity index (χ3n) is 6.03. The topological polar surface area (TPSA) is 66.5 Å². The third-order valence-corrected chi connectivity index (χ3v) is 7.87. The van der Waals surface area contributed by atoms with Crippen LogP contribution in [-0.2, 0) is 21.4 Å². The molecule has 1 heterocycles. The smallest absolute Gasteiger partial charge is 0.243 e. The first-order valence-corrected chi connectivity index (χ1v) is 11.5. The molecule has 2 aromatic rings. The molecule has 29 heavy (non-hydrogen) atoms. The van der Waals surface area contributed by atoms with Crippen LogP contribution in [0.1, 0.15) is 42.0 Å². The molecular formula is C23H30N2O3S. The maximum Gasteiger partial charge on any atom is 0.243 e. The number of aryl methyl sites for hydroxylation is 3. The number of rotatable bonds is 5. The zero-order valence-electron chi connectivity index (χ0n) is 17.7. The standard InChI is InChI=1S/C23H30N2O3S/c1-17-10-11-21(14-19(17)3)29(27,28)25-13-7-12-23(4,16-25)22(26)24-15-20-9-6-5-8-18(20)2/h5-6,8-11,14H,7,12-13,15-16H2,1-4H3,(H,24,26)/t23-/m1/s1. The van der Waals surface area contributed by atoms with E-state index in [0.29, 0.717) is 30.8 Å². The van der Waals surface area contributed by atoms with Crippen molar-refractivity contribution in [1.29, 1.82) is 0 Å². The highest BCUT2D eigenvalue weighted by molar-refractivity contribution is 7.89. The highest BCUT2D eigenvalue weighted by Crippen LogP contribution is 2.33. The van der Waals surface area contributed by atoms with Gasteiger partial charge in [-0.3, -0.25) is 4.79 Å². The Balaban J connectivity index is 1.75. The quantitative estimate of drug-likeness (QED) is 0.811. The fourth-order valence-corrected chi connectivity index (χ4v) is 5.49. The SMILES string of the molecule is Cc1ccc(S(=O)(=O)N2CCC[C@@](C)(C(=O)NCc3ccccc3C)C2)cc1C. The minimum atomic E-state index is -3.63. The summed E-state index contributed by atoms with van der Waals surface area (Å²) in [5.74, 6) is -0.0965. The molecular weight excluding hydrogens is 384 g/mol. The van der Waals surface area contributed by atoms with Gasteiger partial charge in [0.1, 0.15) is 0 Å². The Hall–Kier alpha value is -2.18. The molecule has 0 bridgehead atoms. The normalized spacial score (nSPS) is 20.4. The second kappa shape index (κ2) is 8.28. The molecule has 1 amide bonds. The summed E-state index contributed by atoms with van der Waals surface area (Å²) in [5.41, 5.74) is 3.46. The number of amides is 1. The molecule has 1 aliphatic rings. The number of nitrogens with one attached hydrogen (secondary N) is 1. The van der Waals surface area contributed by atoms with Crippen molar-refractivity contribution in [1.82, 2.24) is 9.62 Å². The lowest BCUT2D eigenvalue weighted by Gasteiger charge is -2.38. The first-order valence-electron chi connectivity index (χ1n) is 10.0. The average Bonchev–Trinajstić information content (AvgIpc) is 2.69. The average molecular weight is 415 g/mol. The van der Waals surface area contributed by atoms with Crippen molar-refractivity contribution in [2.45, 2.75) is 52.0 Å². The Morgan fingerprint density at radius 3 is 2.48 bits per heavy atom. The molecule has 3 rings (SSSR count). The summed E-state index contributed by atoms with van der Waals surface area (Å²) in [6.07, 6.45) is 1.34. The van der Waals surface area contributed by atoms with Gasteiger partial charge in [0, 0.05) is 19.6 Å². The number of carbonyl (C=O) groups is 1. The van der Waals surface area contributed by atoms with E-state index in [1.54, 1.807) is 12.1 Å². The number of hydrogen-bond donors (Lipinski definition) is 1. The van der Waals surface area contributed by atoms with Gasteiger partial charge in [0.05, 0.1) is 10.3 Å². The summed E-state index contributed by atoms with van der Waals surface area (Å²) in [6.45, 7) is 8.84. The Labute approximate surface area is 174 Å². The van der Waals surface area contributed by atoms with E-state index in [-0.39, 0.29) is 12.5 Å². The molecule has 1 atom stereocenters. The number of carbonyl (C=O) groups excluding carboxylic acids is 1. The van der Waals surface area contributed by atoms with Crippen molar-refractivity contribution in [2.75, 3.05) is 13.1 Å².